The Morgan fingerprint density at radius 2 is 1.68 bits per heavy atom. The van der Waals surface area contributed by atoms with Crippen LogP contribution in [-0.2, 0) is 0 Å². The average molecular weight is 272 g/mol. The van der Waals surface area contributed by atoms with Crippen LogP contribution in [0.1, 0.15) is 37.3 Å². The van der Waals surface area contributed by atoms with E-state index in [0.29, 0.717) is 0 Å². The first-order valence-corrected chi connectivity index (χ1v) is 6.63. The molecule has 1 aliphatic rings. The molecule has 106 valence electrons. The van der Waals surface area contributed by atoms with Crippen molar-refractivity contribution >= 4 is 5.69 Å². The predicted octanol–water partition coefficient (Wildman–Crippen LogP) is 3.63. The summed E-state index contributed by atoms with van der Waals surface area (Å²) >= 11 is 0. The molecule has 0 aromatic heterocycles. The zero-order chi connectivity index (χ0) is 13.9. The lowest BCUT2D eigenvalue weighted by molar-refractivity contribution is -0.136. The summed E-state index contributed by atoms with van der Waals surface area (Å²) in [5.41, 5.74) is 7.69. The third kappa shape index (κ3) is 4.13. The van der Waals surface area contributed by atoms with E-state index in [-0.39, 0.29) is 6.42 Å². The van der Waals surface area contributed by atoms with E-state index < -0.39 is 18.6 Å². The first-order chi connectivity index (χ1) is 8.96. The van der Waals surface area contributed by atoms with Gasteiger partial charge in [-0.3, -0.25) is 0 Å². The third-order valence-corrected chi connectivity index (χ3v) is 3.53. The van der Waals surface area contributed by atoms with Gasteiger partial charge < -0.3 is 10.6 Å². The molecule has 1 atom stereocenters. The van der Waals surface area contributed by atoms with Crippen LogP contribution < -0.4 is 10.6 Å². The SMILES string of the molecule is N[C@H](CCC(F)(F)F)c1ccc(N2CCCC2)cc1. The molecular formula is C14H19F3N2. The summed E-state index contributed by atoms with van der Waals surface area (Å²) in [5.74, 6) is 0. The van der Waals surface area contributed by atoms with Crippen LogP contribution in [0.2, 0.25) is 0 Å². The lowest BCUT2D eigenvalue weighted by Gasteiger charge is -2.19. The Bertz CT molecular complexity index is 394. The fraction of sp³-hybridized carbons (Fsp3) is 0.571. The Hall–Kier alpha value is -1.23. The Morgan fingerprint density at radius 1 is 1.11 bits per heavy atom. The van der Waals surface area contributed by atoms with Gasteiger partial charge in [0.05, 0.1) is 0 Å². The van der Waals surface area contributed by atoms with Crippen molar-refractivity contribution in [3.63, 3.8) is 0 Å². The number of alkyl halides is 3. The summed E-state index contributed by atoms with van der Waals surface area (Å²) in [6.45, 7) is 2.11. The number of rotatable bonds is 4. The lowest BCUT2D eigenvalue weighted by atomic mass is 10.0. The van der Waals surface area contributed by atoms with Crippen molar-refractivity contribution < 1.29 is 13.2 Å². The maximum Gasteiger partial charge on any atom is 0.389 e. The Kier molecular flexibility index (Phi) is 4.34. The van der Waals surface area contributed by atoms with Crippen molar-refractivity contribution in [3.05, 3.63) is 29.8 Å². The summed E-state index contributed by atoms with van der Waals surface area (Å²) in [7, 11) is 0. The van der Waals surface area contributed by atoms with Gasteiger partial charge in [0.15, 0.2) is 0 Å². The quantitative estimate of drug-likeness (QED) is 0.907. The standard InChI is InChI=1S/C14H19F3N2/c15-14(16,17)8-7-13(18)11-3-5-12(6-4-11)19-9-1-2-10-19/h3-6,13H,1-2,7-10,18H2/t13-/m1/s1. The van der Waals surface area contributed by atoms with E-state index in [9.17, 15) is 13.2 Å². The van der Waals surface area contributed by atoms with E-state index in [2.05, 4.69) is 4.90 Å². The Balaban J connectivity index is 1.93. The van der Waals surface area contributed by atoms with Crippen molar-refractivity contribution in [2.45, 2.75) is 37.9 Å². The average Bonchev–Trinajstić information content (AvgIpc) is 2.89. The maximum absolute atomic E-state index is 12.1. The van der Waals surface area contributed by atoms with E-state index in [1.807, 2.05) is 24.3 Å². The van der Waals surface area contributed by atoms with E-state index in [1.165, 1.54) is 12.8 Å². The van der Waals surface area contributed by atoms with Gasteiger partial charge in [-0.1, -0.05) is 12.1 Å². The molecule has 1 saturated heterocycles. The first kappa shape index (κ1) is 14.2. The van der Waals surface area contributed by atoms with E-state index >= 15 is 0 Å². The molecule has 0 saturated carbocycles. The first-order valence-electron chi connectivity index (χ1n) is 6.63. The molecule has 0 spiro atoms. The fourth-order valence-corrected chi connectivity index (χ4v) is 2.39. The van der Waals surface area contributed by atoms with Gasteiger partial charge in [0, 0.05) is 31.2 Å². The van der Waals surface area contributed by atoms with E-state index in [0.717, 1.165) is 24.3 Å². The van der Waals surface area contributed by atoms with Crippen LogP contribution in [0.5, 0.6) is 0 Å². The molecule has 2 N–H and O–H groups in total. The monoisotopic (exact) mass is 272 g/mol. The van der Waals surface area contributed by atoms with Crippen LogP contribution in [0.4, 0.5) is 18.9 Å². The number of anilines is 1. The molecule has 0 amide bonds. The number of nitrogens with zero attached hydrogens (tertiary/aromatic N) is 1. The van der Waals surface area contributed by atoms with E-state index in [4.69, 9.17) is 5.73 Å². The predicted molar refractivity (Wildman–Crippen MR) is 70.1 cm³/mol. The molecule has 1 heterocycles. The summed E-state index contributed by atoms with van der Waals surface area (Å²) in [5, 5.41) is 0. The topological polar surface area (TPSA) is 29.3 Å². The molecule has 0 radical (unpaired) electrons. The number of hydrogen-bond donors (Lipinski definition) is 1. The van der Waals surface area contributed by atoms with Gasteiger partial charge in [-0.2, -0.15) is 13.2 Å². The molecule has 0 bridgehead atoms. The summed E-state index contributed by atoms with van der Waals surface area (Å²) in [6.07, 6.45) is -2.62. The Morgan fingerprint density at radius 3 is 2.21 bits per heavy atom. The van der Waals surface area contributed by atoms with Gasteiger partial charge >= 0.3 is 6.18 Å². The van der Waals surface area contributed by atoms with Crippen LogP contribution in [0.3, 0.4) is 0 Å². The molecule has 2 nitrogen and oxygen atoms in total. The zero-order valence-corrected chi connectivity index (χ0v) is 10.8. The second-order valence-corrected chi connectivity index (χ2v) is 5.05. The molecule has 0 unspecified atom stereocenters. The van der Waals surface area contributed by atoms with Gasteiger partial charge in [-0.05, 0) is 37.0 Å². The van der Waals surface area contributed by atoms with Gasteiger partial charge in [0.1, 0.15) is 0 Å². The molecule has 1 fully saturated rings. The maximum atomic E-state index is 12.1. The number of hydrogen-bond acceptors (Lipinski definition) is 2. The normalized spacial score (nSPS) is 17.8. The number of halogens is 3. The van der Waals surface area contributed by atoms with Crippen molar-refractivity contribution in [1.29, 1.82) is 0 Å². The van der Waals surface area contributed by atoms with Crippen molar-refractivity contribution in [2.75, 3.05) is 18.0 Å². The molecular weight excluding hydrogens is 253 g/mol. The minimum absolute atomic E-state index is 0.0629. The smallest absolute Gasteiger partial charge is 0.372 e. The second kappa shape index (κ2) is 5.82. The van der Waals surface area contributed by atoms with Crippen molar-refractivity contribution in [3.8, 4) is 0 Å². The minimum atomic E-state index is -4.13. The third-order valence-electron chi connectivity index (χ3n) is 3.53. The van der Waals surface area contributed by atoms with Crippen LogP contribution in [0, 0.1) is 0 Å². The highest BCUT2D eigenvalue weighted by atomic mass is 19.4. The van der Waals surface area contributed by atoms with Crippen molar-refractivity contribution in [1.82, 2.24) is 0 Å². The molecule has 19 heavy (non-hydrogen) atoms. The summed E-state index contributed by atoms with van der Waals surface area (Å²) in [6, 6.07) is 7.04. The van der Waals surface area contributed by atoms with Gasteiger partial charge in [-0.25, -0.2) is 0 Å². The molecule has 2 rings (SSSR count). The van der Waals surface area contributed by atoms with Crippen molar-refractivity contribution in [2.24, 2.45) is 5.73 Å². The molecule has 1 aromatic rings. The highest BCUT2D eigenvalue weighted by Crippen LogP contribution is 2.27. The highest BCUT2D eigenvalue weighted by molar-refractivity contribution is 5.48. The largest absolute Gasteiger partial charge is 0.389 e. The van der Waals surface area contributed by atoms with Crippen LogP contribution >= 0.6 is 0 Å². The van der Waals surface area contributed by atoms with Crippen LogP contribution in [-0.4, -0.2) is 19.3 Å². The van der Waals surface area contributed by atoms with Gasteiger partial charge in [0.2, 0.25) is 0 Å². The van der Waals surface area contributed by atoms with Crippen LogP contribution in [0.25, 0.3) is 0 Å². The van der Waals surface area contributed by atoms with E-state index in [1.54, 1.807) is 0 Å². The molecule has 1 aromatic carbocycles. The second-order valence-electron chi connectivity index (χ2n) is 5.05. The summed E-state index contributed by atoms with van der Waals surface area (Å²) < 4.78 is 36.4. The lowest BCUT2D eigenvalue weighted by Crippen LogP contribution is -2.18. The summed E-state index contributed by atoms with van der Waals surface area (Å²) in [4.78, 5) is 2.28. The minimum Gasteiger partial charge on any atom is -0.372 e. The zero-order valence-electron chi connectivity index (χ0n) is 10.8. The molecule has 1 aliphatic heterocycles. The van der Waals surface area contributed by atoms with Gasteiger partial charge in [-0.15, -0.1) is 0 Å². The number of benzene rings is 1. The van der Waals surface area contributed by atoms with Crippen LogP contribution in [0.15, 0.2) is 24.3 Å². The Labute approximate surface area is 111 Å². The fourth-order valence-electron chi connectivity index (χ4n) is 2.39. The molecule has 0 aliphatic carbocycles. The highest BCUT2D eigenvalue weighted by Gasteiger charge is 2.27. The van der Waals surface area contributed by atoms with Gasteiger partial charge in [0.25, 0.3) is 0 Å². The number of nitrogens with two attached hydrogens (primary N) is 1. The molecule has 5 heteroatoms.